The molecule has 2 aromatic rings. The number of benzene rings is 2. The fraction of sp³-hybridized carbons (Fsp3) is 0.409. The fourth-order valence-corrected chi connectivity index (χ4v) is 5.71. The number of sulfonamides is 1. The van der Waals surface area contributed by atoms with Crippen molar-refractivity contribution in [2.24, 2.45) is 0 Å². The minimum absolute atomic E-state index is 0.0938. The van der Waals surface area contributed by atoms with Gasteiger partial charge in [-0.25, -0.2) is 8.42 Å². The van der Waals surface area contributed by atoms with Crippen LogP contribution in [-0.2, 0) is 14.8 Å². The van der Waals surface area contributed by atoms with Crippen LogP contribution in [0, 0.1) is 0 Å². The Morgan fingerprint density at radius 2 is 1.63 bits per heavy atom. The molecule has 2 aromatic carbocycles. The van der Waals surface area contributed by atoms with Crippen molar-refractivity contribution in [1.29, 1.82) is 0 Å². The molecule has 0 aromatic heterocycles. The summed E-state index contributed by atoms with van der Waals surface area (Å²) in [6, 6.07) is 14.7. The molecule has 30 heavy (non-hydrogen) atoms. The maximum Gasteiger partial charge on any atom is 0.255 e. The lowest BCUT2D eigenvalue weighted by Crippen LogP contribution is -2.41. The van der Waals surface area contributed by atoms with Gasteiger partial charge in [0.05, 0.1) is 28.7 Å². The molecule has 0 saturated carbocycles. The Morgan fingerprint density at radius 3 is 2.30 bits per heavy atom. The number of likely N-dealkylation sites (tertiary alicyclic amines) is 1. The number of amides is 1. The van der Waals surface area contributed by atoms with E-state index in [2.05, 4.69) is 12.1 Å². The molecule has 2 aliphatic heterocycles. The first-order chi connectivity index (χ1) is 14.5. The topological polar surface area (TPSA) is 66.9 Å². The molecule has 0 unspecified atom stereocenters. The van der Waals surface area contributed by atoms with Crippen molar-refractivity contribution < 1.29 is 17.9 Å². The van der Waals surface area contributed by atoms with Gasteiger partial charge in [-0.1, -0.05) is 41.9 Å². The minimum Gasteiger partial charge on any atom is -0.379 e. The third-order valence-electron chi connectivity index (χ3n) is 5.83. The average molecular weight is 449 g/mol. The number of nitrogens with zero attached hydrogens (tertiary/aromatic N) is 2. The van der Waals surface area contributed by atoms with Gasteiger partial charge in [0.2, 0.25) is 10.0 Å². The van der Waals surface area contributed by atoms with E-state index in [1.165, 1.54) is 28.1 Å². The van der Waals surface area contributed by atoms with Crippen molar-refractivity contribution >= 4 is 27.5 Å². The molecule has 0 bridgehead atoms. The van der Waals surface area contributed by atoms with Crippen molar-refractivity contribution in [3.8, 4) is 0 Å². The van der Waals surface area contributed by atoms with Gasteiger partial charge >= 0.3 is 0 Å². The van der Waals surface area contributed by atoms with Gasteiger partial charge in [0.25, 0.3) is 5.91 Å². The maximum absolute atomic E-state index is 13.1. The number of morpholine rings is 1. The Hall–Kier alpha value is -1.93. The van der Waals surface area contributed by atoms with Gasteiger partial charge < -0.3 is 9.64 Å². The number of ether oxygens (including phenoxy) is 1. The molecule has 2 fully saturated rings. The zero-order valence-corrected chi connectivity index (χ0v) is 18.2. The summed E-state index contributed by atoms with van der Waals surface area (Å²) in [5.41, 5.74) is 1.53. The normalized spacial score (nSPS) is 19.0. The number of rotatable bonds is 4. The SMILES string of the molecule is O=C(c1cc(S(=O)(=O)N2CCOCC2)ccc1Cl)N1CCC(c2ccccc2)CC1. The molecule has 0 atom stereocenters. The van der Waals surface area contributed by atoms with Crippen LogP contribution in [0.1, 0.15) is 34.7 Å². The predicted octanol–water partition coefficient (Wildman–Crippen LogP) is 3.38. The standard InChI is InChI=1S/C22H25ClN2O4S/c23-21-7-6-19(30(27,28)25-12-14-29-15-13-25)16-20(21)22(26)24-10-8-18(9-11-24)17-4-2-1-3-5-17/h1-7,16,18H,8-15H2. The van der Waals surface area contributed by atoms with E-state index in [0.29, 0.717) is 45.3 Å². The Bertz CT molecular complexity index is 999. The number of carbonyl (C=O) groups excluding carboxylic acids is 1. The van der Waals surface area contributed by atoms with E-state index in [-0.39, 0.29) is 21.4 Å². The van der Waals surface area contributed by atoms with Crippen LogP contribution in [-0.4, -0.2) is 62.9 Å². The quantitative estimate of drug-likeness (QED) is 0.719. The molecule has 0 aliphatic carbocycles. The number of hydrogen-bond donors (Lipinski definition) is 0. The number of carbonyl (C=O) groups is 1. The first-order valence-corrected chi connectivity index (χ1v) is 12.0. The lowest BCUT2D eigenvalue weighted by molar-refractivity contribution is 0.0711. The van der Waals surface area contributed by atoms with E-state index < -0.39 is 10.0 Å². The summed E-state index contributed by atoms with van der Waals surface area (Å²) in [5, 5.41) is 0.270. The summed E-state index contributed by atoms with van der Waals surface area (Å²) in [6.07, 6.45) is 1.75. The van der Waals surface area contributed by atoms with Gasteiger partial charge in [0, 0.05) is 26.2 Å². The Labute approximate surface area is 182 Å². The summed E-state index contributed by atoms with van der Waals surface area (Å²) in [6.45, 7) is 2.59. The second kappa shape index (κ2) is 9.06. The fourth-order valence-electron chi connectivity index (χ4n) is 4.08. The van der Waals surface area contributed by atoms with E-state index >= 15 is 0 Å². The van der Waals surface area contributed by atoms with Crippen LogP contribution in [0.4, 0.5) is 0 Å². The molecular weight excluding hydrogens is 424 g/mol. The van der Waals surface area contributed by atoms with E-state index in [9.17, 15) is 13.2 Å². The van der Waals surface area contributed by atoms with E-state index in [0.717, 1.165) is 12.8 Å². The molecule has 1 amide bonds. The summed E-state index contributed by atoms with van der Waals surface area (Å²) < 4.78 is 32.5. The van der Waals surface area contributed by atoms with E-state index in [4.69, 9.17) is 16.3 Å². The maximum atomic E-state index is 13.1. The summed E-state index contributed by atoms with van der Waals surface area (Å²) in [7, 11) is -3.69. The molecular formula is C22H25ClN2O4S. The molecule has 0 N–H and O–H groups in total. The van der Waals surface area contributed by atoms with Crippen molar-refractivity contribution in [2.45, 2.75) is 23.7 Å². The lowest BCUT2D eigenvalue weighted by atomic mass is 9.89. The number of halogens is 1. The highest BCUT2D eigenvalue weighted by Crippen LogP contribution is 2.30. The van der Waals surface area contributed by atoms with Crippen molar-refractivity contribution in [1.82, 2.24) is 9.21 Å². The highest BCUT2D eigenvalue weighted by Gasteiger charge is 2.30. The average Bonchev–Trinajstić information content (AvgIpc) is 2.80. The zero-order valence-electron chi connectivity index (χ0n) is 16.7. The molecule has 0 spiro atoms. The first-order valence-electron chi connectivity index (χ1n) is 10.2. The molecule has 4 rings (SSSR count). The zero-order chi connectivity index (χ0) is 21.1. The second-order valence-corrected chi connectivity index (χ2v) is 9.98. The highest BCUT2D eigenvalue weighted by molar-refractivity contribution is 7.89. The molecule has 0 radical (unpaired) electrons. The number of piperidine rings is 1. The number of hydrogen-bond acceptors (Lipinski definition) is 4. The monoisotopic (exact) mass is 448 g/mol. The predicted molar refractivity (Wildman–Crippen MR) is 115 cm³/mol. The van der Waals surface area contributed by atoms with Crippen LogP contribution in [0.25, 0.3) is 0 Å². The summed E-state index contributed by atoms with van der Waals surface area (Å²) in [5.74, 6) is 0.212. The van der Waals surface area contributed by atoms with Crippen molar-refractivity contribution in [2.75, 3.05) is 39.4 Å². The van der Waals surface area contributed by atoms with Crippen LogP contribution in [0.3, 0.4) is 0 Å². The van der Waals surface area contributed by atoms with E-state index in [1.54, 1.807) is 4.90 Å². The van der Waals surface area contributed by atoms with Gasteiger partial charge in [-0.15, -0.1) is 0 Å². The van der Waals surface area contributed by atoms with Crippen LogP contribution < -0.4 is 0 Å². The van der Waals surface area contributed by atoms with Gasteiger partial charge in [-0.3, -0.25) is 4.79 Å². The molecule has 8 heteroatoms. The smallest absolute Gasteiger partial charge is 0.255 e. The third-order valence-corrected chi connectivity index (χ3v) is 8.05. The summed E-state index contributed by atoms with van der Waals surface area (Å²) in [4.78, 5) is 15.0. The molecule has 2 aliphatic rings. The largest absolute Gasteiger partial charge is 0.379 e. The Kier molecular flexibility index (Phi) is 6.43. The van der Waals surface area contributed by atoms with Gasteiger partial charge in [-0.2, -0.15) is 4.31 Å². The van der Waals surface area contributed by atoms with Gasteiger partial charge in [0.15, 0.2) is 0 Å². The van der Waals surface area contributed by atoms with E-state index in [1.807, 2.05) is 18.2 Å². The van der Waals surface area contributed by atoms with Crippen LogP contribution in [0.5, 0.6) is 0 Å². The van der Waals surface area contributed by atoms with Gasteiger partial charge in [-0.05, 0) is 42.5 Å². The summed E-state index contributed by atoms with van der Waals surface area (Å²) >= 11 is 6.29. The van der Waals surface area contributed by atoms with Crippen LogP contribution in [0.15, 0.2) is 53.4 Å². The first kappa shape index (κ1) is 21.3. The molecule has 2 heterocycles. The van der Waals surface area contributed by atoms with Crippen molar-refractivity contribution in [3.05, 3.63) is 64.7 Å². The molecule has 160 valence electrons. The third kappa shape index (κ3) is 4.39. The van der Waals surface area contributed by atoms with Crippen LogP contribution in [0.2, 0.25) is 5.02 Å². The molecule has 6 nitrogen and oxygen atoms in total. The van der Waals surface area contributed by atoms with Crippen LogP contribution >= 0.6 is 11.6 Å². The van der Waals surface area contributed by atoms with Crippen molar-refractivity contribution in [3.63, 3.8) is 0 Å². The highest BCUT2D eigenvalue weighted by atomic mass is 35.5. The Morgan fingerprint density at radius 1 is 0.967 bits per heavy atom. The van der Waals surface area contributed by atoms with Gasteiger partial charge in [0.1, 0.15) is 0 Å². The Balaban J connectivity index is 1.50. The second-order valence-electron chi connectivity index (χ2n) is 7.64. The minimum atomic E-state index is -3.69. The molecule has 2 saturated heterocycles. The lowest BCUT2D eigenvalue weighted by Gasteiger charge is -2.32.